The summed E-state index contributed by atoms with van der Waals surface area (Å²) in [6, 6.07) is 5.19. The molecule has 0 amide bonds. The van der Waals surface area contributed by atoms with Gasteiger partial charge in [0.15, 0.2) is 11.9 Å². The van der Waals surface area contributed by atoms with E-state index in [0.29, 0.717) is 35.1 Å². The van der Waals surface area contributed by atoms with E-state index in [1.807, 2.05) is 6.20 Å². The third kappa shape index (κ3) is 2.70. The number of aliphatic hydroxyl groups excluding tert-OH is 1. The van der Waals surface area contributed by atoms with Gasteiger partial charge in [-0.25, -0.2) is 0 Å². The Morgan fingerprint density at radius 1 is 1.31 bits per heavy atom. The molecule has 6 heteroatoms. The van der Waals surface area contributed by atoms with Gasteiger partial charge < -0.3 is 9.84 Å². The summed E-state index contributed by atoms with van der Waals surface area (Å²) >= 11 is 6.01. The molecule has 4 fully saturated rings. The van der Waals surface area contributed by atoms with Crippen LogP contribution in [0.15, 0.2) is 30.6 Å². The molecule has 2 atom stereocenters. The van der Waals surface area contributed by atoms with Gasteiger partial charge in [-0.05, 0) is 67.2 Å². The van der Waals surface area contributed by atoms with E-state index in [1.54, 1.807) is 18.2 Å². The minimum Gasteiger partial charge on any atom is -0.482 e. The average molecular weight is 413 g/mol. The summed E-state index contributed by atoms with van der Waals surface area (Å²) in [6.07, 6.45) is 10.8. The van der Waals surface area contributed by atoms with Crippen molar-refractivity contribution in [3.8, 4) is 5.75 Å². The van der Waals surface area contributed by atoms with E-state index in [1.165, 1.54) is 24.8 Å². The van der Waals surface area contributed by atoms with Crippen LogP contribution in [0.3, 0.4) is 0 Å². The number of benzene rings is 1. The summed E-state index contributed by atoms with van der Waals surface area (Å²) in [4.78, 5) is 12.9. The number of fused-ring (bicyclic) bond motifs is 1. The van der Waals surface area contributed by atoms with Gasteiger partial charge in [0.05, 0.1) is 17.8 Å². The van der Waals surface area contributed by atoms with Gasteiger partial charge in [0.25, 0.3) is 0 Å². The second-order valence-corrected chi connectivity index (χ2v) is 10.2. The number of carbonyl (C=O) groups excluding carboxylic acids is 1. The van der Waals surface area contributed by atoms with Crippen molar-refractivity contribution in [2.45, 2.75) is 75.0 Å². The number of aromatic nitrogens is 2. The molecular formula is C23H25ClN2O3. The highest BCUT2D eigenvalue weighted by Gasteiger charge is 2.69. The van der Waals surface area contributed by atoms with Crippen molar-refractivity contribution in [2.24, 2.45) is 5.41 Å². The smallest absolute Gasteiger partial charge is 0.173 e. The molecule has 1 N–H and O–H groups in total. The maximum Gasteiger partial charge on any atom is 0.173 e. The van der Waals surface area contributed by atoms with Gasteiger partial charge in [-0.1, -0.05) is 18.0 Å². The number of hydrogen-bond acceptors (Lipinski definition) is 4. The van der Waals surface area contributed by atoms with Crippen LogP contribution in [-0.4, -0.2) is 26.8 Å². The average Bonchev–Trinajstić information content (AvgIpc) is 3.04. The topological polar surface area (TPSA) is 64.4 Å². The number of halogens is 1. The lowest BCUT2D eigenvalue weighted by atomic mass is 9.38. The van der Waals surface area contributed by atoms with Gasteiger partial charge in [-0.3, -0.25) is 9.48 Å². The minimum atomic E-state index is -0.709. The number of rotatable bonds is 5. The number of aliphatic hydroxyl groups is 1. The molecule has 0 saturated heterocycles. The van der Waals surface area contributed by atoms with Gasteiger partial charge in [0.1, 0.15) is 5.75 Å². The predicted octanol–water partition coefficient (Wildman–Crippen LogP) is 4.53. The molecule has 5 nitrogen and oxygen atoms in total. The summed E-state index contributed by atoms with van der Waals surface area (Å²) in [5, 5.41) is 15.7. The van der Waals surface area contributed by atoms with Gasteiger partial charge in [0.2, 0.25) is 0 Å². The van der Waals surface area contributed by atoms with Crippen molar-refractivity contribution in [2.75, 3.05) is 0 Å². The highest BCUT2D eigenvalue weighted by atomic mass is 35.5. The van der Waals surface area contributed by atoms with Crippen LogP contribution >= 0.6 is 11.6 Å². The number of carbonyl (C=O) groups is 1. The first-order chi connectivity index (χ1) is 14.0. The first-order valence-electron chi connectivity index (χ1n) is 10.7. The molecule has 2 aromatic rings. The number of ether oxygens (including phenoxy) is 1. The Balaban J connectivity index is 1.10. The molecular weight excluding hydrogens is 388 g/mol. The fourth-order valence-electron chi connectivity index (χ4n) is 6.02. The predicted molar refractivity (Wildman–Crippen MR) is 108 cm³/mol. The maximum atomic E-state index is 12.9. The molecule has 4 aliphatic carbocycles. The molecule has 0 unspecified atom stereocenters. The standard InChI is InChI=1S/C23H25ClN2O3/c24-16-4-5-20-17(6-16)18(27)7-21(29-20)19(28)8-22-11-23(12-22,13-22)26-10-15(9-25-26)14-2-1-3-14/h4-6,9-10,14,18,21,27H,1-3,7-8,11-13H2/t18-,21+,22?,23?/m1/s1. The van der Waals surface area contributed by atoms with E-state index in [2.05, 4.69) is 16.0 Å². The SMILES string of the molecule is O=C(CC12CC(n3cc(C4CCC4)cn3)(C1)C2)[C@@H]1C[C@@H](O)c2cc(Cl)ccc2O1. The van der Waals surface area contributed by atoms with Crippen molar-refractivity contribution in [3.63, 3.8) is 0 Å². The van der Waals surface area contributed by atoms with E-state index in [-0.39, 0.29) is 16.7 Å². The maximum absolute atomic E-state index is 12.9. The zero-order valence-electron chi connectivity index (χ0n) is 16.3. The molecule has 5 aliphatic rings. The Labute approximate surface area is 175 Å². The fraction of sp³-hybridized carbons (Fsp3) is 0.565. The minimum absolute atomic E-state index is 0.105. The third-order valence-corrected chi connectivity index (χ3v) is 7.96. The normalized spacial score (nSPS) is 35.0. The van der Waals surface area contributed by atoms with E-state index in [0.717, 1.165) is 19.3 Å². The molecule has 7 rings (SSSR count). The molecule has 0 radical (unpaired) electrons. The quantitative estimate of drug-likeness (QED) is 0.783. The van der Waals surface area contributed by atoms with Gasteiger partial charge in [0, 0.05) is 29.6 Å². The van der Waals surface area contributed by atoms with Crippen LogP contribution in [0.1, 0.15) is 74.5 Å². The molecule has 1 aromatic heterocycles. The van der Waals surface area contributed by atoms with E-state index >= 15 is 0 Å². The number of nitrogens with zero attached hydrogens (tertiary/aromatic N) is 2. The van der Waals surface area contributed by atoms with Gasteiger partial charge >= 0.3 is 0 Å². The lowest BCUT2D eigenvalue weighted by molar-refractivity contribution is -0.200. The van der Waals surface area contributed by atoms with Crippen LogP contribution < -0.4 is 4.74 Å². The molecule has 1 aliphatic heterocycles. The second kappa shape index (κ2) is 6.08. The van der Waals surface area contributed by atoms with Crippen LogP contribution in [-0.2, 0) is 10.3 Å². The molecule has 4 saturated carbocycles. The lowest BCUT2D eigenvalue weighted by Crippen LogP contribution is -2.68. The zero-order valence-corrected chi connectivity index (χ0v) is 17.1. The summed E-state index contributed by atoms with van der Waals surface area (Å²) in [5.74, 6) is 1.38. The summed E-state index contributed by atoms with van der Waals surface area (Å²) in [5.41, 5.74) is 2.30. The monoisotopic (exact) mass is 412 g/mol. The Hall–Kier alpha value is -1.85. The zero-order chi connectivity index (χ0) is 19.8. The van der Waals surface area contributed by atoms with Crippen LogP contribution in [0.25, 0.3) is 0 Å². The van der Waals surface area contributed by atoms with E-state index in [4.69, 9.17) is 16.3 Å². The Morgan fingerprint density at radius 2 is 2.10 bits per heavy atom. The molecule has 2 heterocycles. The van der Waals surface area contributed by atoms with Crippen LogP contribution in [0, 0.1) is 5.41 Å². The fourth-order valence-corrected chi connectivity index (χ4v) is 6.20. The summed E-state index contributed by atoms with van der Waals surface area (Å²) in [6.45, 7) is 0. The number of hydrogen-bond donors (Lipinski definition) is 1. The second-order valence-electron chi connectivity index (χ2n) is 9.78. The Bertz CT molecular complexity index is 976. The van der Waals surface area contributed by atoms with Crippen LogP contribution in [0.2, 0.25) is 5.02 Å². The van der Waals surface area contributed by atoms with Gasteiger partial charge in [-0.2, -0.15) is 5.10 Å². The van der Waals surface area contributed by atoms with E-state index in [9.17, 15) is 9.90 Å². The van der Waals surface area contributed by atoms with Gasteiger partial charge in [-0.15, -0.1) is 0 Å². The Morgan fingerprint density at radius 3 is 2.83 bits per heavy atom. The van der Waals surface area contributed by atoms with E-state index < -0.39 is 12.2 Å². The van der Waals surface area contributed by atoms with Crippen molar-refractivity contribution < 1.29 is 14.6 Å². The largest absolute Gasteiger partial charge is 0.482 e. The molecule has 2 bridgehead atoms. The first kappa shape index (κ1) is 18.0. The summed E-state index contributed by atoms with van der Waals surface area (Å²) in [7, 11) is 0. The highest BCUT2D eigenvalue weighted by Crippen LogP contribution is 2.73. The Kier molecular flexibility index (Phi) is 3.77. The van der Waals surface area contributed by atoms with Crippen molar-refractivity contribution in [1.82, 2.24) is 9.78 Å². The number of ketones is 1. The molecule has 29 heavy (non-hydrogen) atoms. The van der Waals surface area contributed by atoms with Crippen molar-refractivity contribution >= 4 is 17.4 Å². The van der Waals surface area contributed by atoms with Crippen LogP contribution in [0.4, 0.5) is 0 Å². The van der Waals surface area contributed by atoms with Crippen molar-refractivity contribution in [1.29, 1.82) is 0 Å². The summed E-state index contributed by atoms with van der Waals surface area (Å²) < 4.78 is 8.10. The molecule has 0 spiro atoms. The highest BCUT2D eigenvalue weighted by molar-refractivity contribution is 6.30. The molecule has 1 aromatic carbocycles. The number of Topliss-reactive ketones (excluding diaryl/α,β-unsaturated/α-hetero) is 1. The third-order valence-electron chi connectivity index (χ3n) is 7.72. The lowest BCUT2D eigenvalue weighted by Gasteiger charge is -2.70. The van der Waals surface area contributed by atoms with Crippen molar-refractivity contribution in [3.05, 3.63) is 46.7 Å². The first-order valence-corrected chi connectivity index (χ1v) is 11.1. The van der Waals surface area contributed by atoms with Crippen LogP contribution in [0.5, 0.6) is 5.75 Å². The molecule has 152 valence electrons.